The minimum absolute atomic E-state index is 0.390. The number of carbonyl (C=O) groups is 1. The Balaban J connectivity index is 1.13. The Kier molecular flexibility index (Phi) is 9.86. The van der Waals surface area contributed by atoms with E-state index in [1.807, 2.05) is 55.5 Å². The van der Waals surface area contributed by atoms with E-state index in [1.165, 1.54) is 31.5 Å². The maximum Gasteiger partial charge on any atom is 0.248 e. The Hall–Kier alpha value is -4.08. The molecule has 0 unspecified atom stereocenters. The predicted molar refractivity (Wildman–Crippen MR) is 178 cm³/mol. The zero-order chi connectivity index (χ0) is 31.2. The van der Waals surface area contributed by atoms with E-state index >= 15 is 0 Å². The average molecular weight is 612 g/mol. The van der Waals surface area contributed by atoms with Gasteiger partial charge in [-0.2, -0.15) is 0 Å². The molecule has 2 aliphatic heterocycles. The first kappa shape index (κ1) is 30.9. The van der Waals surface area contributed by atoms with E-state index in [2.05, 4.69) is 21.2 Å². The molecule has 6 rings (SSSR count). The number of pyridine rings is 1. The van der Waals surface area contributed by atoms with Crippen LogP contribution in [0.5, 0.6) is 11.5 Å². The normalized spacial score (nSPS) is 16.3. The highest BCUT2D eigenvalue weighted by Crippen LogP contribution is 2.37. The van der Waals surface area contributed by atoms with Crippen molar-refractivity contribution < 1.29 is 18.7 Å². The number of amides is 1. The molecule has 2 fully saturated rings. The van der Waals surface area contributed by atoms with Crippen LogP contribution < -0.4 is 20.5 Å². The third-order valence-corrected chi connectivity index (χ3v) is 9.09. The number of benzene rings is 2. The van der Waals surface area contributed by atoms with Gasteiger partial charge in [0, 0.05) is 42.3 Å². The molecule has 238 valence electrons. The molecule has 2 aromatic heterocycles. The number of aryl methyl sites for hydroxylation is 1. The summed E-state index contributed by atoms with van der Waals surface area (Å²) in [4.78, 5) is 21.4. The van der Waals surface area contributed by atoms with Crippen LogP contribution in [0.3, 0.4) is 0 Å². The monoisotopic (exact) mass is 611 g/mol. The van der Waals surface area contributed by atoms with Crippen molar-refractivity contribution in [2.24, 2.45) is 11.7 Å². The molecule has 0 radical (unpaired) electrons. The van der Waals surface area contributed by atoms with Crippen LogP contribution in [0.15, 0.2) is 59.0 Å². The van der Waals surface area contributed by atoms with Crippen molar-refractivity contribution in [3.63, 3.8) is 0 Å². The number of methoxy groups -OCH3 is 1. The summed E-state index contributed by atoms with van der Waals surface area (Å²) < 4.78 is 18.0. The number of nitrogens with two attached hydrogens (primary N) is 1. The summed E-state index contributed by atoms with van der Waals surface area (Å²) in [6.07, 6.45) is 5.80. The van der Waals surface area contributed by atoms with Crippen LogP contribution in [0.25, 0.3) is 22.4 Å². The number of fused-ring (bicyclic) bond motifs is 1. The molecular formula is C36H45N5O4. The van der Waals surface area contributed by atoms with Gasteiger partial charge in [-0.3, -0.25) is 9.69 Å². The second-order valence-electron chi connectivity index (χ2n) is 12.4. The molecule has 1 amide bonds. The third-order valence-electron chi connectivity index (χ3n) is 9.09. The molecule has 9 heteroatoms. The van der Waals surface area contributed by atoms with Crippen molar-refractivity contribution in [2.45, 2.75) is 45.6 Å². The van der Waals surface area contributed by atoms with Crippen molar-refractivity contribution in [1.82, 2.24) is 14.8 Å². The summed E-state index contributed by atoms with van der Waals surface area (Å²) in [6.45, 7) is 9.85. The highest BCUT2D eigenvalue weighted by molar-refractivity contribution is 5.95. The number of likely N-dealkylation sites (tertiary alicyclic amines) is 2. The Morgan fingerprint density at radius 3 is 2.47 bits per heavy atom. The highest BCUT2D eigenvalue weighted by Gasteiger charge is 2.21. The number of hydrogen-bond donors (Lipinski definition) is 2. The molecule has 0 aliphatic carbocycles. The van der Waals surface area contributed by atoms with Crippen LogP contribution >= 0.6 is 0 Å². The van der Waals surface area contributed by atoms with Crippen molar-refractivity contribution >= 4 is 22.5 Å². The Bertz CT molecular complexity index is 1590. The fourth-order valence-electron chi connectivity index (χ4n) is 6.46. The molecule has 2 aliphatic rings. The molecule has 4 heterocycles. The Labute approximate surface area is 265 Å². The number of aromatic nitrogens is 1. The number of nitrogens with zero attached hydrogens (tertiary/aromatic N) is 3. The van der Waals surface area contributed by atoms with Crippen molar-refractivity contribution in [3.8, 4) is 23.0 Å². The second kappa shape index (κ2) is 14.3. The fourth-order valence-corrected chi connectivity index (χ4v) is 6.46. The Morgan fingerprint density at radius 2 is 1.78 bits per heavy atom. The second-order valence-corrected chi connectivity index (χ2v) is 12.4. The van der Waals surface area contributed by atoms with Gasteiger partial charge < -0.3 is 29.8 Å². The van der Waals surface area contributed by atoms with Gasteiger partial charge in [-0.15, -0.1) is 0 Å². The SMILES string of the molecule is COc1cc2c(NCC3CCN(Cc4ccc(C(N)=O)cc4)CC3)cc(-c3ccc(C)o3)nc2cc1OCCCN1CCCC1. The highest BCUT2D eigenvalue weighted by atomic mass is 16.5. The lowest BCUT2D eigenvalue weighted by Crippen LogP contribution is -2.35. The minimum Gasteiger partial charge on any atom is -0.493 e. The topological polar surface area (TPSA) is 106 Å². The standard InChI is InChI=1S/C36H45N5O4/c1-25-6-11-33(45-25)32-21-30(38-23-26-12-17-41(18-13-26)24-27-7-9-28(10-8-27)36(37)42)29-20-34(43-2)35(22-31(29)39-32)44-19-5-16-40-14-3-4-15-40/h6-11,20-22,26H,3-5,12-19,23-24H2,1-2H3,(H2,37,42)(H,38,39). The summed E-state index contributed by atoms with van der Waals surface area (Å²) in [7, 11) is 1.69. The first-order chi connectivity index (χ1) is 21.9. The van der Waals surface area contributed by atoms with E-state index in [-0.39, 0.29) is 0 Å². The first-order valence-electron chi connectivity index (χ1n) is 16.2. The first-order valence-corrected chi connectivity index (χ1v) is 16.2. The lowest BCUT2D eigenvalue weighted by molar-refractivity contribution is 0.1000. The number of piperidine rings is 1. The Morgan fingerprint density at radius 1 is 1.00 bits per heavy atom. The summed E-state index contributed by atoms with van der Waals surface area (Å²) in [5.74, 6) is 3.20. The third kappa shape index (κ3) is 7.78. The molecule has 0 saturated carbocycles. The van der Waals surface area contributed by atoms with E-state index in [1.54, 1.807) is 7.11 Å². The molecule has 2 aromatic carbocycles. The number of primary amides is 1. The molecule has 4 aromatic rings. The van der Waals surface area contributed by atoms with Crippen LogP contribution in [0.2, 0.25) is 0 Å². The summed E-state index contributed by atoms with van der Waals surface area (Å²) in [5, 5.41) is 4.76. The quantitative estimate of drug-likeness (QED) is 0.175. The molecule has 2 saturated heterocycles. The summed E-state index contributed by atoms with van der Waals surface area (Å²) >= 11 is 0. The molecule has 0 bridgehead atoms. The van der Waals surface area contributed by atoms with Gasteiger partial charge in [-0.05, 0) is 113 Å². The number of rotatable bonds is 13. The van der Waals surface area contributed by atoms with Gasteiger partial charge in [0.15, 0.2) is 17.3 Å². The number of anilines is 1. The van der Waals surface area contributed by atoms with E-state index in [9.17, 15) is 4.79 Å². The molecule has 45 heavy (non-hydrogen) atoms. The van der Waals surface area contributed by atoms with Crippen LogP contribution in [-0.2, 0) is 6.54 Å². The largest absolute Gasteiger partial charge is 0.493 e. The van der Waals surface area contributed by atoms with E-state index in [0.717, 1.165) is 85.8 Å². The maximum atomic E-state index is 11.4. The van der Waals surface area contributed by atoms with Crippen LogP contribution in [-0.4, -0.2) is 73.7 Å². The lowest BCUT2D eigenvalue weighted by Gasteiger charge is -2.32. The van der Waals surface area contributed by atoms with E-state index in [4.69, 9.17) is 24.6 Å². The van der Waals surface area contributed by atoms with Gasteiger partial charge in [0.25, 0.3) is 0 Å². The summed E-state index contributed by atoms with van der Waals surface area (Å²) in [5.41, 5.74) is 9.78. The molecule has 3 N–H and O–H groups in total. The van der Waals surface area contributed by atoms with Crippen molar-refractivity contribution in [2.75, 3.05) is 58.3 Å². The van der Waals surface area contributed by atoms with E-state index < -0.39 is 5.91 Å². The lowest BCUT2D eigenvalue weighted by atomic mass is 9.96. The number of hydrogen-bond acceptors (Lipinski definition) is 8. The molecule has 9 nitrogen and oxygen atoms in total. The number of furan rings is 1. The van der Waals surface area contributed by atoms with Gasteiger partial charge in [-0.25, -0.2) is 4.98 Å². The van der Waals surface area contributed by atoms with Gasteiger partial charge in [0.1, 0.15) is 11.5 Å². The predicted octanol–water partition coefficient (Wildman–Crippen LogP) is 6.10. The number of nitrogens with one attached hydrogen (secondary N) is 1. The molecular weight excluding hydrogens is 566 g/mol. The minimum atomic E-state index is -0.390. The number of carbonyl (C=O) groups excluding carboxylic acids is 1. The zero-order valence-corrected chi connectivity index (χ0v) is 26.5. The average Bonchev–Trinajstić information content (AvgIpc) is 3.74. The van der Waals surface area contributed by atoms with Gasteiger partial charge >= 0.3 is 0 Å². The molecule has 0 atom stereocenters. The number of ether oxygens (including phenoxy) is 2. The summed E-state index contributed by atoms with van der Waals surface area (Å²) in [6, 6.07) is 17.7. The zero-order valence-electron chi connectivity index (χ0n) is 26.5. The molecule has 0 spiro atoms. The fraction of sp³-hybridized carbons (Fsp3) is 0.444. The van der Waals surface area contributed by atoms with Crippen LogP contribution in [0.1, 0.15) is 53.8 Å². The van der Waals surface area contributed by atoms with Gasteiger partial charge in [0.2, 0.25) is 5.91 Å². The van der Waals surface area contributed by atoms with Crippen LogP contribution in [0, 0.1) is 12.8 Å². The van der Waals surface area contributed by atoms with Crippen molar-refractivity contribution in [1.29, 1.82) is 0 Å². The smallest absolute Gasteiger partial charge is 0.248 e. The van der Waals surface area contributed by atoms with Crippen LogP contribution in [0.4, 0.5) is 5.69 Å². The van der Waals surface area contributed by atoms with Gasteiger partial charge in [-0.1, -0.05) is 12.1 Å². The van der Waals surface area contributed by atoms with Crippen molar-refractivity contribution in [3.05, 3.63) is 71.5 Å². The van der Waals surface area contributed by atoms with Gasteiger partial charge in [0.05, 0.1) is 19.2 Å². The maximum absolute atomic E-state index is 11.4. The van der Waals surface area contributed by atoms with E-state index in [0.29, 0.717) is 29.6 Å².